The second-order valence-corrected chi connectivity index (χ2v) is 5.09. The molecule has 0 radical (unpaired) electrons. The van der Waals surface area contributed by atoms with Crippen molar-refractivity contribution in [1.29, 1.82) is 0 Å². The molecule has 3 N–H and O–H groups in total. The lowest BCUT2D eigenvalue weighted by atomic mass is 10.1. The van der Waals surface area contributed by atoms with Crippen LogP contribution in [0.4, 0.5) is 8.78 Å². The number of benzene rings is 1. The van der Waals surface area contributed by atoms with Gasteiger partial charge in [-0.05, 0) is 39.3 Å². The Kier molecular flexibility index (Phi) is 4.64. The molecule has 0 aromatic heterocycles. The van der Waals surface area contributed by atoms with E-state index in [1.54, 1.807) is 0 Å². The van der Waals surface area contributed by atoms with Crippen LogP contribution in [-0.2, 0) is 6.42 Å². The molecule has 1 aromatic carbocycles. The van der Waals surface area contributed by atoms with Crippen molar-refractivity contribution in [3.63, 3.8) is 0 Å². The smallest absolute Gasteiger partial charge is 0.188 e. The molecule has 3 nitrogen and oxygen atoms in total. The van der Waals surface area contributed by atoms with E-state index in [9.17, 15) is 8.78 Å². The summed E-state index contributed by atoms with van der Waals surface area (Å²) >= 11 is 0. The normalized spacial score (nSPS) is 12.6. The highest BCUT2D eigenvalue weighted by molar-refractivity contribution is 5.78. The molecule has 1 aromatic rings. The summed E-state index contributed by atoms with van der Waals surface area (Å²) in [6.45, 7) is 6.09. The Bertz CT molecular complexity index is 416. The third kappa shape index (κ3) is 4.69. The van der Waals surface area contributed by atoms with Crippen molar-refractivity contribution < 1.29 is 8.78 Å². The number of halogens is 2. The van der Waals surface area contributed by atoms with Gasteiger partial charge in [-0.25, -0.2) is 8.78 Å². The molecular weight excluding hydrogens is 236 g/mol. The molecular formula is C13H19F2N3. The van der Waals surface area contributed by atoms with Crippen LogP contribution < -0.4 is 11.1 Å². The summed E-state index contributed by atoms with van der Waals surface area (Å²) in [6, 6.07) is 3.81. The Morgan fingerprint density at radius 1 is 1.28 bits per heavy atom. The van der Waals surface area contributed by atoms with Crippen LogP contribution in [0.25, 0.3) is 0 Å². The van der Waals surface area contributed by atoms with Crippen LogP contribution in [0, 0.1) is 11.6 Å². The molecule has 0 unspecified atom stereocenters. The van der Waals surface area contributed by atoms with Crippen LogP contribution in [0.2, 0.25) is 0 Å². The molecule has 0 aliphatic rings. The lowest BCUT2D eigenvalue weighted by Gasteiger charge is -2.20. The highest BCUT2D eigenvalue weighted by atomic mass is 19.1. The molecule has 0 atom stereocenters. The zero-order valence-electron chi connectivity index (χ0n) is 10.9. The minimum Gasteiger partial charge on any atom is -0.370 e. The molecule has 0 bridgehead atoms. The number of nitrogens with two attached hydrogens (primary N) is 1. The monoisotopic (exact) mass is 255 g/mol. The largest absolute Gasteiger partial charge is 0.370 e. The summed E-state index contributed by atoms with van der Waals surface area (Å²) < 4.78 is 26.6. The maximum atomic E-state index is 13.3. The van der Waals surface area contributed by atoms with Gasteiger partial charge in [-0.1, -0.05) is 6.07 Å². The summed E-state index contributed by atoms with van der Waals surface area (Å²) in [5, 5.41) is 2.97. The Hall–Kier alpha value is -1.65. The number of hydrogen-bond acceptors (Lipinski definition) is 1. The molecule has 5 heteroatoms. The van der Waals surface area contributed by atoms with Gasteiger partial charge in [-0.15, -0.1) is 0 Å². The number of guanidine groups is 1. The molecule has 0 aliphatic carbocycles. The van der Waals surface area contributed by atoms with E-state index in [0.717, 1.165) is 0 Å². The maximum Gasteiger partial charge on any atom is 0.188 e. The number of hydrogen-bond donors (Lipinski definition) is 2. The van der Waals surface area contributed by atoms with Crippen molar-refractivity contribution in [3.8, 4) is 0 Å². The van der Waals surface area contributed by atoms with Gasteiger partial charge in [0, 0.05) is 17.6 Å². The molecule has 0 fully saturated rings. The van der Waals surface area contributed by atoms with Crippen molar-refractivity contribution >= 4 is 5.96 Å². The average Bonchev–Trinajstić information content (AvgIpc) is 2.19. The van der Waals surface area contributed by atoms with Crippen molar-refractivity contribution in [2.75, 3.05) is 6.54 Å². The quantitative estimate of drug-likeness (QED) is 0.642. The van der Waals surface area contributed by atoms with Crippen molar-refractivity contribution in [2.24, 2.45) is 10.7 Å². The number of nitrogens with zero attached hydrogens (tertiary/aromatic N) is 1. The molecule has 100 valence electrons. The highest BCUT2D eigenvalue weighted by Gasteiger charge is 2.10. The van der Waals surface area contributed by atoms with Crippen molar-refractivity contribution in [2.45, 2.75) is 32.7 Å². The number of aliphatic imine (C=N–C) groups is 1. The van der Waals surface area contributed by atoms with Crippen LogP contribution in [0.5, 0.6) is 0 Å². The molecule has 1 rings (SSSR count). The summed E-state index contributed by atoms with van der Waals surface area (Å²) in [5.74, 6) is -0.820. The minimum atomic E-state index is -0.549. The second-order valence-electron chi connectivity index (χ2n) is 5.09. The summed E-state index contributed by atoms with van der Waals surface area (Å²) in [7, 11) is 0. The van der Waals surface area contributed by atoms with E-state index in [-0.39, 0.29) is 30.0 Å². The molecule has 0 saturated heterocycles. The Labute approximate surface area is 106 Å². The first-order valence-corrected chi connectivity index (χ1v) is 5.80. The average molecular weight is 255 g/mol. The Morgan fingerprint density at radius 2 is 1.83 bits per heavy atom. The fourth-order valence-corrected chi connectivity index (χ4v) is 1.48. The zero-order valence-corrected chi connectivity index (χ0v) is 10.9. The van der Waals surface area contributed by atoms with E-state index in [0.29, 0.717) is 0 Å². The Balaban J connectivity index is 2.59. The first-order chi connectivity index (χ1) is 8.29. The van der Waals surface area contributed by atoms with Gasteiger partial charge in [-0.2, -0.15) is 0 Å². The van der Waals surface area contributed by atoms with Crippen LogP contribution >= 0.6 is 0 Å². The van der Waals surface area contributed by atoms with E-state index in [1.165, 1.54) is 18.2 Å². The highest BCUT2D eigenvalue weighted by Crippen LogP contribution is 2.12. The van der Waals surface area contributed by atoms with Crippen molar-refractivity contribution in [1.82, 2.24) is 5.32 Å². The van der Waals surface area contributed by atoms with Crippen LogP contribution in [0.1, 0.15) is 26.3 Å². The molecule has 0 saturated carbocycles. The summed E-state index contributed by atoms with van der Waals surface area (Å²) in [6.07, 6.45) is 0.186. The first-order valence-electron chi connectivity index (χ1n) is 5.80. The predicted octanol–water partition coefficient (Wildman–Crippen LogP) is 2.21. The van der Waals surface area contributed by atoms with Crippen LogP contribution in [-0.4, -0.2) is 18.0 Å². The van der Waals surface area contributed by atoms with Gasteiger partial charge in [0.15, 0.2) is 5.96 Å². The first kappa shape index (κ1) is 14.4. The van der Waals surface area contributed by atoms with Crippen LogP contribution in [0.15, 0.2) is 23.2 Å². The standard InChI is InChI=1S/C13H19F2N3/c1-13(2,3)18-12(16)17-8-7-9-10(14)5-4-6-11(9)15/h4-6H,7-8H2,1-3H3,(H3,16,17,18). The minimum absolute atomic E-state index is 0.0461. The summed E-state index contributed by atoms with van der Waals surface area (Å²) in [5.41, 5.74) is 5.51. The number of nitrogens with one attached hydrogen (secondary N) is 1. The number of rotatable bonds is 3. The van der Waals surface area contributed by atoms with Crippen LogP contribution in [0.3, 0.4) is 0 Å². The van der Waals surface area contributed by atoms with Gasteiger partial charge in [0.1, 0.15) is 11.6 Å². The van der Waals surface area contributed by atoms with Crippen molar-refractivity contribution in [3.05, 3.63) is 35.4 Å². The van der Waals surface area contributed by atoms with E-state index in [4.69, 9.17) is 5.73 Å². The molecule has 0 amide bonds. The van der Waals surface area contributed by atoms with E-state index >= 15 is 0 Å². The van der Waals surface area contributed by atoms with Gasteiger partial charge in [0.25, 0.3) is 0 Å². The maximum absolute atomic E-state index is 13.3. The van der Waals surface area contributed by atoms with Gasteiger partial charge >= 0.3 is 0 Å². The fourth-order valence-electron chi connectivity index (χ4n) is 1.48. The lowest BCUT2D eigenvalue weighted by molar-refractivity contribution is 0.507. The topological polar surface area (TPSA) is 50.4 Å². The summed E-state index contributed by atoms with van der Waals surface area (Å²) in [4.78, 5) is 4.04. The molecule has 0 spiro atoms. The van der Waals surface area contributed by atoms with Gasteiger partial charge in [0.2, 0.25) is 0 Å². The fraction of sp³-hybridized carbons (Fsp3) is 0.462. The van der Waals surface area contributed by atoms with E-state index in [2.05, 4.69) is 10.3 Å². The second kappa shape index (κ2) is 5.80. The lowest BCUT2D eigenvalue weighted by Crippen LogP contribution is -2.45. The predicted molar refractivity (Wildman–Crippen MR) is 69.4 cm³/mol. The SMILES string of the molecule is CC(C)(C)NC(N)=NCCc1c(F)cccc1F. The zero-order chi connectivity index (χ0) is 13.8. The Morgan fingerprint density at radius 3 is 2.33 bits per heavy atom. The van der Waals surface area contributed by atoms with E-state index in [1.807, 2.05) is 20.8 Å². The third-order valence-electron chi connectivity index (χ3n) is 2.21. The van der Waals surface area contributed by atoms with E-state index < -0.39 is 11.6 Å². The van der Waals surface area contributed by atoms with Gasteiger partial charge in [-0.3, -0.25) is 4.99 Å². The van der Waals surface area contributed by atoms with Gasteiger partial charge in [0.05, 0.1) is 0 Å². The molecule has 18 heavy (non-hydrogen) atoms. The third-order valence-corrected chi connectivity index (χ3v) is 2.21. The van der Waals surface area contributed by atoms with Gasteiger partial charge < -0.3 is 11.1 Å². The molecule has 0 aliphatic heterocycles. The molecule has 0 heterocycles.